The molecular formula is C12H21N5. The summed E-state index contributed by atoms with van der Waals surface area (Å²) in [6.07, 6.45) is 8.60. The van der Waals surface area contributed by atoms with Gasteiger partial charge in [-0.2, -0.15) is 5.10 Å². The number of aliphatic imine (C=N–C) groups is 1. The summed E-state index contributed by atoms with van der Waals surface area (Å²) in [5.41, 5.74) is 7.18. The van der Waals surface area contributed by atoms with E-state index in [2.05, 4.69) is 15.0 Å². The fourth-order valence-electron chi connectivity index (χ4n) is 2.12. The van der Waals surface area contributed by atoms with E-state index in [0.29, 0.717) is 5.96 Å². The Kier molecular flexibility index (Phi) is 4.01. The number of aromatic nitrogens is 2. The second-order valence-electron chi connectivity index (χ2n) is 4.56. The van der Waals surface area contributed by atoms with Crippen LogP contribution in [0, 0.1) is 0 Å². The molecule has 1 aliphatic heterocycles. The zero-order valence-electron chi connectivity index (χ0n) is 10.5. The molecule has 0 amide bonds. The second-order valence-corrected chi connectivity index (χ2v) is 4.56. The Hall–Kier alpha value is -1.52. The maximum absolute atomic E-state index is 5.97. The molecule has 5 nitrogen and oxygen atoms in total. The number of guanidine groups is 1. The summed E-state index contributed by atoms with van der Waals surface area (Å²) in [6.45, 7) is 2.86. The van der Waals surface area contributed by atoms with E-state index >= 15 is 0 Å². The van der Waals surface area contributed by atoms with Crippen LogP contribution in [-0.2, 0) is 13.5 Å². The van der Waals surface area contributed by atoms with Crippen molar-refractivity contribution in [3.8, 4) is 0 Å². The van der Waals surface area contributed by atoms with Gasteiger partial charge in [0, 0.05) is 32.9 Å². The first kappa shape index (κ1) is 12.0. The van der Waals surface area contributed by atoms with Crippen LogP contribution in [0.2, 0.25) is 0 Å². The lowest BCUT2D eigenvalue weighted by atomic mass is 10.1. The van der Waals surface area contributed by atoms with E-state index in [0.717, 1.165) is 26.1 Å². The van der Waals surface area contributed by atoms with Crippen molar-refractivity contribution in [1.82, 2.24) is 14.7 Å². The van der Waals surface area contributed by atoms with Crippen molar-refractivity contribution in [2.45, 2.75) is 25.7 Å². The van der Waals surface area contributed by atoms with Crippen molar-refractivity contribution in [3.63, 3.8) is 0 Å². The Morgan fingerprint density at radius 1 is 1.41 bits per heavy atom. The molecule has 0 atom stereocenters. The number of hydrogen-bond acceptors (Lipinski definition) is 2. The molecule has 0 aromatic carbocycles. The summed E-state index contributed by atoms with van der Waals surface area (Å²) in [7, 11) is 1.93. The average molecular weight is 235 g/mol. The lowest BCUT2D eigenvalue weighted by Crippen LogP contribution is -2.41. The van der Waals surface area contributed by atoms with Crippen LogP contribution in [0.1, 0.15) is 24.8 Å². The molecule has 5 heteroatoms. The summed E-state index contributed by atoms with van der Waals surface area (Å²) in [5.74, 6) is 0.702. The predicted octanol–water partition coefficient (Wildman–Crippen LogP) is 0.763. The van der Waals surface area contributed by atoms with Gasteiger partial charge < -0.3 is 10.6 Å². The number of nitrogens with zero attached hydrogens (tertiary/aromatic N) is 4. The van der Waals surface area contributed by atoms with Crippen LogP contribution in [0.25, 0.3) is 0 Å². The quantitative estimate of drug-likeness (QED) is 0.621. The minimum absolute atomic E-state index is 0.702. The van der Waals surface area contributed by atoms with Crippen LogP contribution in [0.4, 0.5) is 0 Å². The molecule has 2 N–H and O–H groups in total. The third-order valence-corrected chi connectivity index (χ3v) is 3.11. The van der Waals surface area contributed by atoms with E-state index in [-0.39, 0.29) is 0 Å². The Labute approximate surface area is 102 Å². The van der Waals surface area contributed by atoms with Crippen molar-refractivity contribution < 1.29 is 0 Å². The van der Waals surface area contributed by atoms with E-state index in [1.807, 2.05) is 24.1 Å². The molecule has 1 saturated heterocycles. The predicted molar refractivity (Wildman–Crippen MR) is 68.8 cm³/mol. The second kappa shape index (κ2) is 5.70. The lowest BCUT2D eigenvalue weighted by molar-refractivity contribution is 0.338. The molecule has 0 spiro atoms. The Bertz CT molecular complexity index is 376. The first-order valence-corrected chi connectivity index (χ1v) is 6.28. The zero-order valence-corrected chi connectivity index (χ0v) is 10.5. The summed E-state index contributed by atoms with van der Waals surface area (Å²) in [4.78, 5) is 6.62. The highest BCUT2D eigenvalue weighted by Gasteiger charge is 2.11. The topological polar surface area (TPSA) is 59.4 Å². The first-order chi connectivity index (χ1) is 8.25. The molecule has 2 heterocycles. The van der Waals surface area contributed by atoms with Crippen LogP contribution in [0.15, 0.2) is 17.4 Å². The molecule has 0 aliphatic carbocycles. The highest BCUT2D eigenvalue weighted by molar-refractivity contribution is 5.78. The van der Waals surface area contributed by atoms with Crippen molar-refractivity contribution in [2.75, 3.05) is 19.6 Å². The van der Waals surface area contributed by atoms with E-state index in [9.17, 15) is 0 Å². The Morgan fingerprint density at radius 3 is 2.82 bits per heavy atom. The fraction of sp³-hybridized carbons (Fsp3) is 0.667. The van der Waals surface area contributed by atoms with E-state index in [4.69, 9.17) is 5.73 Å². The highest BCUT2D eigenvalue weighted by Crippen LogP contribution is 2.08. The lowest BCUT2D eigenvalue weighted by Gasteiger charge is -2.27. The number of rotatable bonds is 3. The Balaban J connectivity index is 1.79. The molecular weight excluding hydrogens is 214 g/mol. The third-order valence-electron chi connectivity index (χ3n) is 3.11. The summed E-state index contributed by atoms with van der Waals surface area (Å²) in [5, 5.41) is 4.13. The first-order valence-electron chi connectivity index (χ1n) is 6.28. The molecule has 0 bridgehead atoms. The van der Waals surface area contributed by atoms with Crippen molar-refractivity contribution in [1.29, 1.82) is 0 Å². The van der Waals surface area contributed by atoms with Crippen molar-refractivity contribution >= 4 is 5.96 Å². The van der Waals surface area contributed by atoms with Gasteiger partial charge in [0.2, 0.25) is 0 Å². The molecule has 0 unspecified atom stereocenters. The normalized spacial score (nSPS) is 17.5. The van der Waals surface area contributed by atoms with Crippen LogP contribution in [-0.4, -0.2) is 40.3 Å². The number of aryl methyl sites for hydroxylation is 1. The average Bonchev–Trinajstić information content (AvgIpc) is 2.76. The van der Waals surface area contributed by atoms with Gasteiger partial charge in [0.1, 0.15) is 0 Å². The Morgan fingerprint density at radius 2 is 2.18 bits per heavy atom. The maximum atomic E-state index is 5.97. The number of likely N-dealkylation sites (tertiary alicyclic amines) is 1. The molecule has 1 fully saturated rings. The molecule has 1 aromatic rings. The van der Waals surface area contributed by atoms with Crippen LogP contribution in [0.3, 0.4) is 0 Å². The summed E-state index contributed by atoms with van der Waals surface area (Å²) < 4.78 is 1.81. The van der Waals surface area contributed by atoms with Gasteiger partial charge in [0.25, 0.3) is 0 Å². The standard InChI is InChI=1S/C12H21N5/c1-16-10-11(9-15-16)5-6-14-12(13)17-7-3-2-4-8-17/h9-10H,2-8H2,1H3,(H2,13,14). The number of piperidine rings is 1. The fourth-order valence-corrected chi connectivity index (χ4v) is 2.12. The molecule has 17 heavy (non-hydrogen) atoms. The van der Waals surface area contributed by atoms with Crippen LogP contribution < -0.4 is 5.73 Å². The van der Waals surface area contributed by atoms with E-state index in [1.54, 1.807) is 0 Å². The molecule has 94 valence electrons. The summed E-state index contributed by atoms with van der Waals surface area (Å²) in [6, 6.07) is 0. The number of nitrogens with two attached hydrogens (primary N) is 1. The van der Waals surface area contributed by atoms with E-state index < -0.39 is 0 Å². The third kappa shape index (κ3) is 3.47. The van der Waals surface area contributed by atoms with Crippen LogP contribution >= 0.6 is 0 Å². The van der Waals surface area contributed by atoms with Gasteiger partial charge in [0.05, 0.1) is 6.20 Å². The molecule has 0 radical (unpaired) electrons. The smallest absolute Gasteiger partial charge is 0.191 e. The molecule has 0 saturated carbocycles. The van der Waals surface area contributed by atoms with E-state index in [1.165, 1.54) is 24.8 Å². The summed E-state index contributed by atoms with van der Waals surface area (Å²) >= 11 is 0. The minimum atomic E-state index is 0.702. The van der Waals surface area contributed by atoms with Crippen molar-refractivity contribution in [2.24, 2.45) is 17.8 Å². The minimum Gasteiger partial charge on any atom is -0.370 e. The van der Waals surface area contributed by atoms with Gasteiger partial charge in [-0.15, -0.1) is 0 Å². The molecule has 1 aliphatic rings. The SMILES string of the molecule is Cn1cc(CCN=C(N)N2CCCCC2)cn1. The monoisotopic (exact) mass is 235 g/mol. The van der Waals surface area contributed by atoms with Gasteiger partial charge in [-0.25, -0.2) is 0 Å². The molecule has 1 aromatic heterocycles. The van der Waals surface area contributed by atoms with Gasteiger partial charge >= 0.3 is 0 Å². The van der Waals surface area contributed by atoms with Gasteiger partial charge in [-0.3, -0.25) is 9.67 Å². The highest BCUT2D eigenvalue weighted by atomic mass is 15.3. The largest absolute Gasteiger partial charge is 0.370 e. The van der Waals surface area contributed by atoms with Gasteiger partial charge in [-0.05, 0) is 31.2 Å². The zero-order chi connectivity index (χ0) is 12.1. The maximum Gasteiger partial charge on any atom is 0.191 e. The van der Waals surface area contributed by atoms with Crippen LogP contribution in [0.5, 0.6) is 0 Å². The van der Waals surface area contributed by atoms with Crippen molar-refractivity contribution in [3.05, 3.63) is 18.0 Å². The number of hydrogen-bond donors (Lipinski definition) is 1. The van der Waals surface area contributed by atoms with Gasteiger partial charge in [0.15, 0.2) is 5.96 Å². The van der Waals surface area contributed by atoms with Gasteiger partial charge in [-0.1, -0.05) is 0 Å². The molecule has 2 rings (SSSR count).